The van der Waals surface area contributed by atoms with Crippen molar-refractivity contribution in [1.82, 2.24) is 4.98 Å². The van der Waals surface area contributed by atoms with Crippen LogP contribution < -0.4 is 0 Å². The number of aromatic nitrogens is 1. The van der Waals surface area contributed by atoms with Crippen LogP contribution in [-0.4, -0.2) is 11.3 Å². The van der Waals surface area contributed by atoms with Gasteiger partial charge >= 0.3 is 0 Å². The number of halogens is 1. The lowest BCUT2D eigenvalue weighted by molar-refractivity contribution is 0.112. The van der Waals surface area contributed by atoms with Gasteiger partial charge in [0.15, 0.2) is 6.29 Å². The lowest BCUT2D eigenvalue weighted by Gasteiger charge is -2.18. The third kappa shape index (κ3) is 2.81. The summed E-state index contributed by atoms with van der Waals surface area (Å²) in [5.74, 6) is 0. The monoisotopic (exact) mass is 211 g/mol. The predicted octanol–water partition coefficient (Wildman–Crippen LogP) is 3.14. The van der Waals surface area contributed by atoms with Gasteiger partial charge < -0.3 is 0 Å². The molecule has 3 heteroatoms. The summed E-state index contributed by atoms with van der Waals surface area (Å²) in [6.45, 7) is 6.30. The summed E-state index contributed by atoms with van der Waals surface area (Å²) < 4.78 is 0. The molecule has 0 aliphatic rings. The highest BCUT2D eigenvalue weighted by Gasteiger charge is 2.16. The molecule has 1 heterocycles. The molecule has 0 fully saturated rings. The molecule has 0 spiro atoms. The van der Waals surface area contributed by atoms with Crippen molar-refractivity contribution in [3.8, 4) is 0 Å². The Labute approximate surface area is 89.3 Å². The smallest absolute Gasteiger partial charge is 0.153 e. The maximum atomic E-state index is 10.8. The number of aldehydes is 1. The minimum absolute atomic E-state index is 0.107. The molecule has 0 bridgehead atoms. The third-order valence-electron chi connectivity index (χ3n) is 1.84. The van der Waals surface area contributed by atoms with Crippen molar-refractivity contribution in [2.24, 2.45) is 5.41 Å². The number of carbonyl (C=O) groups excluding carboxylic acids is 1. The zero-order valence-corrected chi connectivity index (χ0v) is 9.43. The maximum absolute atomic E-state index is 10.8. The second kappa shape index (κ2) is 4.09. The van der Waals surface area contributed by atoms with Gasteiger partial charge in [0.1, 0.15) is 0 Å². The van der Waals surface area contributed by atoms with Crippen LogP contribution >= 0.6 is 11.6 Å². The van der Waals surface area contributed by atoms with Gasteiger partial charge in [0.05, 0.1) is 16.3 Å². The lowest BCUT2D eigenvalue weighted by Crippen LogP contribution is -2.12. The van der Waals surface area contributed by atoms with E-state index in [2.05, 4.69) is 25.8 Å². The number of rotatable bonds is 2. The van der Waals surface area contributed by atoms with Crippen LogP contribution in [0, 0.1) is 5.41 Å². The van der Waals surface area contributed by atoms with Crippen molar-refractivity contribution < 1.29 is 4.79 Å². The van der Waals surface area contributed by atoms with Crippen LogP contribution in [0.2, 0.25) is 5.02 Å². The van der Waals surface area contributed by atoms with Gasteiger partial charge in [0, 0.05) is 6.20 Å². The molecule has 0 radical (unpaired) electrons. The van der Waals surface area contributed by atoms with E-state index in [-0.39, 0.29) is 5.41 Å². The van der Waals surface area contributed by atoms with E-state index in [4.69, 9.17) is 11.6 Å². The van der Waals surface area contributed by atoms with Crippen LogP contribution in [0.4, 0.5) is 0 Å². The van der Waals surface area contributed by atoms with E-state index in [0.717, 1.165) is 18.4 Å². The SMILES string of the molecule is CC(C)(C)Cc1nccc(Cl)c1C=O. The summed E-state index contributed by atoms with van der Waals surface area (Å²) in [5.41, 5.74) is 1.40. The van der Waals surface area contributed by atoms with Gasteiger partial charge in [-0.1, -0.05) is 32.4 Å². The highest BCUT2D eigenvalue weighted by atomic mass is 35.5. The van der Waals surface area contributed by atoms with E-state index >= 15 is 0 Å². The van der Waals surface area contributed by atoms with E-state index in [1.54, 1.807) is 12.3 Å². The van der Waals surface area contributed by atoms with Crippen LogP contribution in [0.3, 0.4) is 0 Å². The fraction of sp³-hybridized carbons (Fsp3) is 0.455. The standard InChI is InChI=1S/C11H14ClNO/c1-11(2,3)6-10-8(7-14)9(12)4-5-13-10/h4-5,7H,6H2,1-3H3. The molecule has 1 rings (SSSR count). The van der Waals surface area contributed by atoms with Crippen molar-refractivity contribution in [2.45, 2.75) is 27.2 Å². The first-order valence-corrected chi connectivity index (χ1v) is 4.90. The summed E-state index contributed by atoms with van der Waals surface area (Å²) in [5, 5.41) is 0.481. The minimum Gasteiger partial charge on any atom is -0.298 e. The van der Waals surface area contributed by atoms with E-state index < -0.39 is 0 Å². The van der Waals surface area contributed by atoms with Crippen molar-refractivity contribution in [3.63, 3.8) is 0 Å². The Morgan fingerprint density at radius 2 is 2.14 bits per heavy atom. The molecule has 14 heavy (non-hydrogen) atoms. The molecule has 0 aromatic carbocycles. The molecule has 1 aromatic rings. The summed E-state index contributed by atoms with van der Waals surface area (Å²) >= 11 is 5.89. The van der Waals surface area contributed by atoms with Crippen molar-refractivity contribution >= 4 is 17.9 Å². The molecule has 0 amide bonds. The summed E-state index contributed by atoms with van der Waals surface area (Å²) in [4.78, 5) is 15.0. The molecule has 2 nitrogen and oxygen atoms in total. The van der Waals surface area contributed by atoms with Crippen molar-refractivity contribution in [2.75, 3.05) is 0 Å². The quantitative estimate of drug-likeness (QED) is 0.704. The number of hydrogen-bond acceptors (Lipinski definition) is 2. The first-order valence-electron chi connectivity index (χ1n) is 4.52. The Hall–Kier alpha value is -0.890. The maximum Gasteiger partial charge on any atom is 0.153 e. The molecular formula is C11H14ClNO. The van der Waals surface area contributed by atoms with Gasteiger partial charge in [0.2, 0.25) is 0 Å². The fourth-order valence-electron chi connectivity index (χ4n) is 1.26. The summed E-state index contributed by atoms with van der Waals surface area (Å²) in [6, 6.07) is 1.64. The highest BCUT2D eigenvalue weighted by Crippen LogP contribution is 2.24. The Balaban J connectivity index is 3.08. The van der Waals surface area contributed by atoms with Gasteiger partial charge in [0.25, 0.3) is 0 Å². The van der Waals surface area contributed by atoms with Gasteiger partial charge in [-0.2, -0.15) is 0 Å². The second-order valence-electron chi connectivity index (χ2n) is 4.51. The number of nitrogens with zero attached hydrogens (tertiary/aromatic N) is 1. The Bertz CT molecular complexity index is 342. The molecule has 0 N–H and O–H groups in total. The lowest BCUT2D eigenvalue weighted by atomic mass is 9.89. The molecule has 0 aliphatic heterocycles. The van der Waals surface area contributed by atoms with E-state index in [1.165, 1.54) is 0 Å². The van der Waals surface area contributed by atoms with Crippen LogP contribution in [0.25, 0.3) is 0 Å². The van der Waals surface area contributed by atoms with E-state index in [1.807, 2.05) is 0 Å². The zero-order valence-electron chi connectivity index (χ0n) is 8.67. The van der Waals surface area contributed by atoms with Crippen LogP contribution in [0.1, 0.15) is 36.8 Å². The molecule has 76 valence electrons. The largest absolute Gasteiger partial charge is 0.298 e. The van der Waals surface area contributed by atoms with E-state index in [9.17, 15) is 4.79 Å². The third-order valence-corrected chi connectivity index (χ3v) is 2.16. The Kier molecular flexibility index (Phi) is 3.27. The predicted molar refractivity (Wildman–Crippen MR) is 57.8 cm³/mol. The summed E-state index contributed by atoms with van der Waals surface area (Å²) in [7, 11) is 0. The highest BCUT2D eigenvalue weighted by molar-refractivity contribution is 6.33. The minimum atomic E-state index is 0.107. The molecule has 0 atom stereocenters. The first kappa shape index (κ1) is 11.2. The Morgan fingerprint density at radius 1 is 1.50 bits per heavy atom. The van der Waals surface area contributed by atoms with Crippen molar-refractivity contribution in [1.29, 1.82) is 0 Å². The molecule has 0 aliphatic carbocycles. The van der Waals surface area contributed by atoms with Crippen LogP contribution in [-0.2, 0) is 6.42 Å². The number of carbonyl (C=O) groups is 1. The average Bonchev–Trinajstić information content (AvgIpc) is 2.01. The fourth-order valence-corrected chi connectivity index (χ4v) is 1.47. The van der Waals surface area contributed by atoms with Crippen LogP contribution in [0.15, 0.2) is 12.3 Å². The van der Waals surface area contributed by atoms with Gasteiger partial charge in [-0.15, -0.1) is 0 Å². The zero-order chi connectivity index (χ0) is 10.8. The van der Waals surface area contributed by atoms with E-state index in [0.29, 0.717) is 10.6 Å². The van der Waals surface area contributed by atoms with Crippen LogP contribution in [0.5, 0.6) is 0 Å². The normalized spacial score (nSPS) is 11.4. The average molecular weight is 212 g/mol. The first-order chi connectivity index (χ1) is 6.44. The number of hydrogen-bond donors (Lipinski definition) is 0. The summed E-state index contributed by atoms with van der Waals surface area (Å²) in [6.07, 6.45) is 3.16. The Morgan fingerprint density at radius 3 is 2.64 bits per heavy atom. The molecule has 0 saturated carbocycles. The number of pyridine rings is 1. The molecular weight excluding hydrogens is 198 g/mol. The topological polar surface area (TPSA) is 30.0 Å². The van der Waals surface area contributed by atoms with Crippen molar-refractivity contribution in [3.05, 3.63) is 28.5 Å². The van der Waals surface area contributed by atoms with Gasteiger partial charge in [-0.3, -0.25) is 9.78 Å². The molecule has 1 aromatic heterocycles. The molecule has 0 unspecified atom stereocenters. The van der Waals surface area contributed by atoms with Gasteiger partial charge in [-0.25, -0.2) is 0 Å². The molecule has 0 saturated heterocycles. The van der Waals surface area contributed by atoms with Gasteiger partial charge in [-0.05, 0) is 17.9 Å². The second-order valence-corrected chi connectivity index (χ2v) is 4.92.